The van der Waals surface area contributed by atoms with Gasteiger partial charge in [-0.1, -0.05) is 17.7 Å². The summed E-state index contributed by atoms with van der Waals surface area (Å²) in [5.74, 6) is -2.45. The molecule has 0 spiro atoms. The maximum Gasteiger partial charge on any atom is 0.251 e. The van der Waals surface area contributed by atoms with Crippen molar-refractivity contribution in [3.63, 3.8) is 0 Å². The molecule has 0 aliphatic heterocycles. The largest absolute Gasteiger partial charge is 0.387 e. The van der Waals surface area contributed by atoms with Gasteiger partial charge in [-0.2, -0.15) is 0 Å². The number of hydrogen-bond donors (Lipinski definition) is 2. The van der Waals surface area contributed by atoms with Gasteiger partial charge in [-0.25, -0.2) is 8.78 Å². The van der Waals surface area contributed by atoms with Crippen molar-refractivity contribution in [1.82, 2.24) is 0 Å². The SMILES string of the molecule is C=CCC1=CCC(F)(F)CC1.CC(C)(O)C(C)(C)O. The molecule has 0 saturated heterocycles. The molecule has 1 rings (SSSR count). The van der Waals surface area contributed by atoms with E-state index < -0.39 is 17.1 Å². The molecule has 0 atom stereocenters. The average molecular weight is 276 g/mol. The van der Waals surface area contributed by atoms with E-state index in [-0.39, 0.29) is 12.8 Å². The molecule has 4 heteroatoms. The van der Waals surface area contributed by atoms with Gasteiger partial charge in [0.2, 0.25) is 0 Å². The number of rotatable bonds is 3. The predicted molar refractivity (Wildman–Crippen MR) is 74.3 cm³/mol. The van der Waals surface area contributed by atoms with E-state index in [4.69, 9.17) is 10.2 Å². The maximum absolute atomic E-state index is 12.5. The molecule has 2 N–H and O–H groups in total. The van der Waals surface area contributed by atoms with Crippen molar-refractivity contribution >= 4 is 0 Å². The lowest BCUT2D eigenvalue weighted by Gasteiger charge is -2.31. The summed E-state index contributed by atoms with van der Waals surface area (Å²) in [4.78, 5) is 0. The van der Waals surface area contributed by atoms with Gasteiger partial charge < -0.3 is 10.2 Å². The Kier molecular flexibility index (Phi) is 6.36. The first-order valence-corrected chi connectivity index (χ1v) is 6.50. The molecular weight excluding hydrogens is 250 g/mol. The lowest BCUT2D eigenvalue weighted by Crippen LogP contribution is -2.44. The minimum atomic E-state index is -2.45. The fraction of sp³-hybridized carbons (Fsp3) is 0.733. The van der Waals surface area contributed by atoms with Gasteiger partial charge in [0.1, 0.15) is 0 Å². The summed E-state index contributed by atoms with van der Waals surface area (Å²) < 4.78 is 25.1. The molecule has 0 saturated carbocycles. The van der Waals surface area contributed by atoms with Gasteiger partial charge in [-0.3, -0.25) is 0 Å². The predicted octanol–water partition coefficient (Wildman–Crippen LogP) is 3.84. The Morgan fingerprint density at radius 1 is 1.26 bits per heavy atom. The topological polar surface area (TPSA) is 40.5 Å². The van der Waals surface area contributed by atoms with Crippen molar-refractivity contribution in [3.8, 4) is 0 Å². The lowest BCUT2D eigenvalue weighted by molar-refractivity contribution is -0.107. The number of aliphatic hydroxyl groups is 2. The van der Waals surface area contributed by atoms with Gasteiger partial charge in [0, 0.05) is 12.8 Å². The van der Waals surface area contributed by atoms with E-state index in [1.807, 2.05) is 0 Å². The van der Waals surface area contributed by atoms with Crippen molar-refractivity contribution < 1.29 is 19.0 Å². The first-order valence-electron chi connectivity index (χ1n) is 6.50. The van der Waals surface area contributed by atoms with Gasteiger partial charge >= 0.3 is 0 Å². The number of allylic oxidation sites excluding steroid dienone is 3. The van der Waals surface area contributed by atoms with Gasteiger partial charge in [0.05, 0.1) is 11.2 Å². The first kappa shape index (κ1) is 18.3. The van der Waals surface area contributed by atoms with Crippen LogP contribution in [0.25, 0.3) is 0 Å². The minimum absolute atomic E-state index is 0.00662. The fourth-order valence-electron chi connectivity index (χ4n) is 1.21. The fourth-order valence-corrected chi connectivity index (χ4v) is 1.21. The van der Waals surface area contributed by atoms with E-state index in [9.17, 15) is 8.78 Å². The monoisotopic (exact) mass is 276 g/mol. The van der Waals surface area contributed by atoms with Crippen LogP contribution in [0, 0.1) is 0 Å². The maximum atomic E-state index is 12.5. The molecule has 19 heavy (non-hydrogen) atoms. The molecule has 0 amide bonds. The van der Waals surface area contributed by atoms with Crippen LogP contribution in [0.3, 0.4) is 0 Å². The third-order valence-electron chi connectivity index (χ3n) is 3.40. The number of halogens is 2. The Morgan fingerprint density at radius 3 is 2.00 bits per heavy atom. The van der Waals surface area contributed by atoms with Crippen LogP contribution in [-0.2, 0) is 0 Å². The van der Waals surface area contributed by atoms with E-state index in [1.165, 1.54) is 0 Å². The third-order valence-corrected chi connectivity index (χ3v) is 3.40. The molecule has 112 valence electrons. The number of hydrogen-bond acceptors (Lipinski definition) is 2. The summed E-state index contributed by atoms with van der Waals surface area (Å²) in [6.07, 6.45) is 4.61. The highest BCUT2D eigenvalue weighted by atomic mass is 19.3. The molecule has 0 heterocycles. The van der Waals surface area contributed by atoms with E-state index in [0.29, 0.717) is 6.42 Å². The van der Waals surface area contributed by atoms with E-state index >= 15 is 0 Å². The van der Waals surface area contributed by atoms with Crippen LogP contribution < -0.4 is 0 Å². The summed E-state index contributed by atoms with van der Waals surface area (Å²) >= 11 is 0. The zero-order valence-electron chi connectivity index (χ0n) is 12.3. The van der Waals surface area contributed by atoms with Crippen LogP contribution in [0.2, 0.25) is 0 Å². The van der Waals surface area contributed by atoms with E-state index in [0.717, 1.165) is 12.0 Å². The molecule has 0 aromatic heterocycles. The van der Waals surface area contributed by atoms with E-state index in [1.54, 1.807) is 39.8 Å². The second-order valence-electron chi connectivity index (χ2n) is 6.03. The van der Waals surface area contributed by atoms with Gasteiger partial charge in [0.25, 0.3) is 5.92 Å². The van der Waals surface area contributed by atoms with Crippen molar-refractivity contribution in [2.75, 3.05) is 0 Å². The van der Waals surface area contributed by atoms with Crippen molar-refractivity contribution in [1.29, 1.82) is 0 Å². The van der Waals surface area contributed by atoms with Crippen LogP contribution in [0.15, 0.2) is 24.3 Å². The Bertz CT molecular complexity index is 308. The Morgan fingerprint density at radius 2 is 1.74 bits per heavy atom. The highest BCUT2D eigenvalue weighted by Gasteiger charge is 2.32. The molecule has 1 aliphatic carbocycles. The Hall–Kier alpha value is -0.740. The van der Waals surface area contributed by atoms with Gasteiger partial charge in [-0.15, -0.1) is 6.58 Å². The normalized spacial score (nSPS) is 19.1. The molecule has 0 unspecified atom stereocenters. The van der Waals surface area contributed by atoms with Gasteiger partial charge in [-0.05, 0) is 40.5 Å². The summed E-state index contributed by atoms with van der Waals surface area (Å²) in [6, 6.07) is 0. The summed E-state index contributed by atoms with van der Waals surface area (Å²) in [5, 5.41) is 18.2. The molecule has 0 radical (unpaired) electrons. The standard InChI is InChI=1S/C9H12F2.C6H14O2/c1-2-3-8-4-6-9(10,11)7-5-8;1-5(2,7)6(3,4)8/h2,4H,1,3,5-7H2;7-8H,1-4H3. The van der Waals surface area contributed by atoms with Crippen LogP contribution in [-0.4, -0.2) is 27.3 Å². The average Bonchev–Trinajstić information content (AvgIpc) is 2.19. The van der Waals surface area contributed by atoms with E-state index in [2.05, 4.69) is 6.58 Å². The molecule has 0 aromatic rings. The molecule has 0 fully saturated rings. The zero-order chi connectivity index (χ0) is 15.3. The second-order valence-corrected chi connectivity index (χ2v) is 6.03. The van der Waals surface area contributed by atoms with Crippen LogP contribution >= 0.6 is 0 Å². The second kappa shape index (κ2) is 6.62. The van der Waals surface area contributed by atoms with Crippen LogP contribution in [0.4, 0.5) is 8.78 Å². The number of alkyl halides is 2. The van der Waals surface area contributed by atoms with Crippen molar-refractivity contribution in [3.05, 3.63) is 24.3 Å². The van der Waals surface area contributed by atoms with Gasteiger partial charge in [0.15, 0.2) is 0 Å². The molecule has 1 aliphatic rings. The van der Waals surface area contributed by atoms with Crippen LogP contribution in [0.1, 0.15) is 53.4 Å². The summed E-state index contributed by atoms with van der Waals surface area (Å²) in [7, 11) is 0. The molecule has 0 aromatic carbocycles. The highest BCUT2D eigenvalue weighted by Crippen LogP contribution is 2.33. The summed E-state index contributed by atoms with van der Waals surface area (Å²) in [5.41, 5.74) is -0.911. The zero-order valence-corrected chi connectivity index (χ0v) is 12.3. The Balaban J connectivity index is 0.000000362. The molecule has 2 nitrogen and oxygen atoms in total. The third kappa shape index (κ3) is 7.43. The minimum Gasteiger partial charge on any atom is -0.387 e. The van der Waals surface area contributed by atoms with Crippen molar-refractivity contribution in [2.24, 2.45) is 0 Å². The van der Waals surface area contributed by atoms with Crippen LogP contribution in [0.5, 0.6) is 0 Å². The smallest absolute Gasteiger partial charge is 0.251 e. The first-order chi connectivity index (χ1) is 8.39. The quantitative estimate of drug-likeness (QED) is 0.769. The summed E-state index contributed by atoms with van der Waals surface area (Å²) in [6.45, 7) is 9.87. The lowest BCUT2D eigenvalue weighted by atomic mass is 9.90. The molecular formula is C15H26F2O2. The highest BCUT2D eigenvalue weighted by molar-refractivity contribution is 5.11. The van der Waals surface area contributed by atoms with Crippen molar-refractivity contribution in [2.45, 2.75) is 70.5 Å². The molecule has 0 bridgehead atoms. The Labute approximate surface area is 114 Å².